The average molecular weight is 384 g/mol. The molecule has 0 bridgehead atoms. The zero-order valence-electron chi connectivity index (χ0n) is 16.5. The molecule has 1 heterocycles. The van der Waals surface area contributed by atoms with Crippen molar-refractivity contribution in [1.82, 2.24) is 0 Å². The first-order valence-electron chi connectivity index (χ1n) is 9.46. The lowest BCUT2D eigenvalue weighted by molar-refractivity contribution is -0.135. The molecule has 5 nitrogen and oxygen atoms in total. The molecular weight excluding hydrogens is 356 g/mol. The standard InChI is InChI=1S/C23H28O5/c1-13(2)18-10-20(27-11-16-6-8-17(26-5)9-7-16)15(4)21(18)22(24)19-12-28-23(25)14(19)3/h6-9,18-22,24H,1,3-4,10-12H2,2,5H3/t18-,19-,20-,21-,22-/m0/s1. The third kappa shape index (κ3) is 3.91. The van der Waals surface area contributed by atoms with Crippen LogP contribution in [-0.2, 0) is 20.9 Å². The van der Waals surface area contributed by atoms with E-state index in [9.17, 15) is 9.90 Å². The van der Waals surface area contributed by atoms with E-state index in [-0.39, 0.29) is 24.5 Å². The normalized spacial score (nSPS) is 28.3. The van der Waals surface area contributed by atoms with Gasteiger partial charge in [-0.15, -0.1) is 0 Å². The summed E-state index contributed by atoms with van der Waals surface area (Å²) in [5, 5.41) is 11.0. The van der Waals surface area contributed by atoms with Gasteiger partial charge in [-0.3, -0.25) is 0 Å². The monoisotopic (exact) mass is 384 g/mol. The summed E-state index contributed by atoms with van der Waals surface area (Å²) in [5.41, 5.74) is 3.16. The SMILES string of the molecule is C=C1[C@H]([C@@H](O)[C@H]2COC(=O)C2=C)[C@H](C(=C)C)C[C@@H]1OCc1ccc(OC)cc1. The van der Waals surface area contributed by atoms with E-state index in [0.717, 1.165) is 22.5 Å². The zero-order valence-corrected chi connectivity index (χ0v) is 16.5. The van der Waals surface area contributed by atoms with Gasteiger partial charge >= 0.3 is 5.97 Å². The third-order valence-electron chi connectivity index (χ3n) is 5.87. The maximum absolute atomic E-state index is 11.7. The van der Waals surface area contributed by atoms with Crippen molar-refractivity contribution in [2.24, 2.45) is 17.8 Å². The Morgan fingerprint density at radius 1 is 1.32 bits per heavy atom. The first-order chi connectivity index (χ1) is 13.3. The molecule has 150 valence electrons. The van der Waals surface area contributed by atoms with E-state index in [0.29, 0.717) is 18.6 Å². The van der Waals surface area contributed by atoms with Crippen molar-refractivity contribution in [2.75, 3.05) is 13.7 Å². The number of rotatable bonds is 7. The van der Waals surface area contributed by atoms with Crippen LogP contribution in [0.1, 0.15) is 18.9 Å². The van der Waals surface area contributed by atoms with Gasteiger partial charge in [0.2, 0.25) is 0 Å². The summed E-state index contributed by atoms with van der Waals surface area (Å²) in [6.45, 7) is 14.7. The van der Waals surface area contributed by atoms with E-state index in [2.05, 4.69) is 19.7 Å². The van der Waals surface area contributed by atoms with E-state index in [1.54, 1.807) is 7.11 Å². The first kappa shape index (κ1) is 20.4. The quantitative estimate of drug-likeness (QED) is 0.443. The summed E-state index contributed by atoms with van der Waals surface area (Å²) >= 11 is 0. The summed E-state index contributed by atoms with van der Waals surface area (Å²) in [5.74, 6) is -0.266. The van der Waals surface area contributed by atoms with Gasteiger partial charge in [-0.1, -0.05) is 37.4 Å². The Kier molecular flexibility index (Phi) is 6.06. The van der Waals surface area contributed by atoms with Gasteiger partial charge in [-0.2, -0.15) is 0 Å². The fourth-order valence-corrected chi connectivity index (χ4v) is 4.13. The molecule has 28 heavy (non-hydrogen) atoms. The van der Waals surface area contributed by atoms with Crippen molar-refractivity contribution in [2.45, 2.75) is 32.2 Å². The number of esters is 1. The molecule has 5 heteroatoms. The summed E-state index contributed by atoms with van der Waals surface area (Å²) in [6, 6.07) is 7.72. The maximum Gasteiger partial charge on any atom is 0.333 e. The van der Waals surface area contributed by atoms with Gasteiger partial charge in [-0.05, 0) is 42.5 Å². The number of hydrogen-bond acceptors (Lipinski definition) is 5. The fourth-order valence-electron chi connectivity index (χ4n) is 4.13. The number of methoxy groups -OCH3 is 1. The Hall–Kier alpha value is -2.37. The van der Waals surface area contributed by atoms with Crippen molar-refractivity contribution in [1.29, 1.82) is 0 Å². The van der Waals surface area contributed by atoms with Gasteiger partial charge in [-0.25, -0.2) is 4.79 Å². The Morgan fingerprint density at radius 3 is 2.54 bits per heavy atom. The van der Waals surface area contributed by atoms with Crippen LogP contribution in [0.2, 0.25) is 0 Å². The van der Waals surface area contributed by atoms with Crippen molar-refractivity contribution in [3.63, 3.8) is 0 Å². The molecule has 2 fully saturated rings. The molecule has 1 saturated carbocycles. The van der Waals surface area contributed by atoms with Crippen LogP contribution < -0.4 is 4.74 Å². The largest absolute Gasteiger partial charge is 0.497 e. The molecule has 0 spiro atoms. The van der Waals surface area contributed by atoms with E-state index in [4.69, 9.17) is 14.2 Å². The van der Waals surface area contributed by atoms with Gasteiger partial charge in [0.05, 0.1) is 31.8 Å². The molecule has 1 saturated heterocycles. The number of hydrogen-bond donors (Lipinski definition) is 1. The Balaban J connectivity index is 1.70. The number of aliphatic hydroxyl groups excluding tert-OH is 1. The van der Waals surface area contributed by atoms with Crippen molar-refractivity contribution < 1.29 is 24.1 Å². The number of benzene rings is 1. The van der Waals surface area contributed by atoms with Gasteiger partial charge in [0.1, 0.15) is 12.4 Å². The number of carbonyl (C=O) groups is 1. The van der Waals surface area contributed by atoms with E-state index in [1.807, 2.05) is 31.2 Å². The van der Waals surface area contributed by atoms with E-state index in [1.165, 1.54) is 0 Å². The minimum Gasteiger partial charge on any atom is -0.497 e. The molecule has 1 aliphatic carbocycles. The summed E-state index contributed by atoms with van der Waals surface area (Å²) in [4.78, 5) is 11.7. The molecule has 0 aromatic heterocycles. The summed E-state index contributed by atoms with van der Waals surface area (Å²) in [6.07, 6.45) is -0.280. The molecular formula is C23H28O5. The smallest absolute Gasteiger partial charge is 0.333 e. The van der Waals surface area contributed by atoms with Crippen LogP contribution >= 0.6 is 0 Å². The second-order valence-electron chi connectivity index (χ2n) is 7.66. The second kappa shape index (κ2) is 8.33. The minimum atomic E-state index is -0.803. The molecule has 1 aromatic carbocycles. The minimum absolute atomic E-state index is 0.0341. The molecule has 1 aliphatic heterocycles. The maximum atomic E-state index is 11.7. The highest BCUT2D eigenvalue weighted by Crippen LogP contribution is 2.46. The number of aliphatic hydroxyl groups is 1. The van der Waals surface area contributed by atoms with Crippen LogP contribution in [0.4, 0.5) is 0 Å². The molecule has 1 aromatic rings. The summed E-state index contributed by atoms with van der Waals surface area (Å²) in [7, 11) is 1.63. The van der Waals surface area contributed by atoms with Gasteiger partial charge in [0.25, 0.3) is 0 Å². The molecule has 0 amide bonds. The highest BCUT2D eigenvalue weighted by molar-refractivity contribution is 5.90. The lowest BCUT2D eigenvalue weighted by atomic mass is 9.78. The van der Waals surface area contributed by atoms with Gasteiger partial charge in [0.15, 0.2) is 0 Å². The molecule has 5 atom stereocenters. The highest BCUT2D eigenvalue weighted by Gasteiger charge is 2.47. The summed E-state index contributed by atoms with van der Waals surface area (Å²) < 4.78 is 16.4. The molecule has 0 radical (unpaired) electrons. The Bertz CT molecular complexity index is 779. The average Bonchev–Trinajstić information content (AvgIpc) is 3.20. The van der Waals surface area contributed by atoms with Crippen LogP contribution in [0.5, 0.6) is 5.75 Å². The van der Waals surface area contributed by atoms with E-state index >= 15 is 0 Å². The van der Waals surface area contributed by atoms with Crippen LogP contribution in [0.15, 0.2) is 60.7 Å². The van der Waals surface area contributed by atoms with Crippen molar-refractivity contribution in [3.05, 3.63) is 66.3 Å². The lowest BCUT2D eigenvalue weighted by Gasteiger charge is -2.29. The van der Waals surface area contributed by atoms with Crippen LogP contribution in [0, 0.1) is 17.8 Å². The van der Waals surface area contributed by atoms with E-state index < -0.39 is 18.0 Å². The van der Waals surface area contributed by atoms with Crippen LogP contribution in [0.3, 0.4) is 0 Å². The third-order valence-corrected chi connectivity index (χ3v) is 5.87. The van der Waals surface area contributed by atoms with Gasteiger partial charge < -0.3 is 19.3 Å². The number of cyclic esters (lactones) is 1. The predicted octanol–water partition coefficient (Wildman–Crippen LogP) is 3.44. The van der Waals surface area contributed by atoms with Gasteiger partial charge in [0, 0.05) is 11.5 Å². The Morgan fingerprint density at radius 2 is 2.00 bits per heavy atom. The first-order valence-corrected chi connectivity index (χ1v) is 9.46. The van der Waals surface area contributed by atoms with Crippen LogP contribution in [0.25, 0.3) is 0 Å². The highest BCUT2D eigenvalue weighted by atomic mass is 16.5. The predicted molar refractivity (Wildman–Crippen MR) is 107 cm³/mol. The zero-order chi connectivity index (χ0) is 20.4. The topological polar surface area (TPSA) is 65.0 Å². The molecule has 2 aliphatic rings. The number of allylic oxidation sites excluding steroid dienone is 1. The molecule has 3 rings (SSSR count). The molecule has 0 unspecified atom stereocenters. The second-order valence-corrected chi connectivity index (χ2v) is 7.66. The number of ether oxygens (including phenoxy) is 3. The fraction of sp³-hybridized carbons (Fsp3) is 0.435. The van der Waals surface area contributed by atoms with Crippen molar-refractivity contribution in [3.8, 4) is 5.75 Å². The van der Waals surface area contributed by atoms with Crippen LogP contribution in [-0.4, -0.2) is 37.0 Å². The van der Waals surface area contributed by atoms with Crippen molar-refractivity contribution >= 4 is 5.97 Å². The molecule has 1 N–H and O–H groups in total. The number of carbonyl (C=O) groups excluding carboxylic acids is 1. The lowest BCUT2D eigenvalue weighted by Crippen LogP contribution is -2.34. The Labute approximate surface area is 166 Å².